The molecular formula is C12H14FNO2. The van der Waals surface area contributed by atoms with Crippen LogP contribution in [0.2, 0.25) is 0 Å². The summed E-state index contributed by atoms with van der Waals surface area (Å²) in [5.74, 6) is -0.235. The Balaban J connectivity index is 1.75. The van der Waals surface area contributed by atoms with Crippen molar-refractivity contribution in [1.29, 1.82) is 0 Å². The second-order valence-electron chi connectivity index (χ2n) is 4.23. The van der Waals surface area contributed by atoms with E-state index in [4.69, 9.17) is 9.47 Å². The van der Waals surface area contributed by atoms with Gasteiger partial charge >= 0.3 is 0 Å². The fourth-order valence-corrected chi connectivity index (χ4v) is 2.22. The van der Waals surface area contributed by atoms with Crippen LogP contribution in [0.1, 0.15) is 18.3 Å². The quantitative estimate of drug-likeness (QED) is 0.784. The van der Waals surface area contributed by atoms with Crippen molar-refractivity contribution in [3.05, 3.63) is 35.6 Å². The number of nitrogens with one attached hydrogen (secondary N) is 1. The van der Waals surface area contributed by atoms with Gasteiger partial charge in [0, 0.05) is 12.1 Å². The van der Waals surface area contributed by atoms with Crippen molar-refractivity contribution in [2.24, 2.45) is 0 Å². The van der Waals surface area contributed by atoms with Gasteiger partial charge in [0.2, 0.25) is 0 Å². The normalized spacial score (nSPS) is 33.7. The number of fused-ring (bicyclic) bond motifs is 1. The third-order valence-corrected chi connectivity index (χ3v) is 3.10. The van der Waals surface area contributed by atoms with Gasteiger partial charge < -0.3 is 14.8 Å². The van der Waals surface area contributed by atoms with Gasteiger partial charge in [-0.15, -0.1) is 0 Å². The summed E-state index contributed by atoms with van der Waals surface area (Å²) in [5, 5.41) is 3.27. The summed E-state index contributed by atoms with van der Waals surface area (Å²) >= 11 is 0. The monoisotopic (exact) mass is 223 g/mol. The van der Waals surface area contributed by atoms with Crippen molar-refractivity contribution in [2.45, 2.75) is 24.9 Å². The lowest BCUT2D eigenvalue weighted by molar-refractivity contribution is -0.0669. The summed E-state index contributed by atoms with van der Waals surface area (Å²) in [6.07, 6.45) is 0.943. The standard InChI is InChI=1S/C12H14FNO2/c13-9-3-1-8(2-4-9)12-15-10-5-6-14-7-11(10)16-12/h1-4,10-12,14H,5-7H2. The molecule has 0 aliphatic carbocycles. The van der Waals surface area contributed by atoms with Crippen LogP contribution in [-0.2, 0) is 9.47 Å². The smallest absolute Gasteiger partial charge is 0.184 e. The lowest BCUT2D eigenvalue weighted by Crippen LogP contribution is -2.41. The number of hydrogen-bond acceptors (Lipinski definition) is 3. The Morgan fingerprint density at radius 3 is 2.62 bits per heavy atom. The summed E-state index contributed by atoms with van der Waals surface area (Å²) in [6.45, 7) is 1.81. The molecule has 0 saturated carbocycles. The molecule has 2 heterocycles. The van der Waals surface area contributed by atoms with E-state index in [0.717, 1.165) is 25.1 Å². The Morgan fingerprint density at radius 2 is 1.88 bits per heavy atom. The van der Waals surface area contributed by atoms with Gasteiger partial charge in [0.05, 0.1) is 12.2 Å². The van der Waals surface area contributed by atoms with Gasteiger partial charge in [-0.3, -0.25) is 0 Å². The Kier molecular flexibility index (Phi) is 2.63. The van der Waals surface area contributed by atoms with Crippen LogP contribution in [0, 0.1) is 5.82 Å². The van der Waals surface area contributed by atoms with E-state index in [2.05, 4.69) is 5.32 Å². The zero-order valence-electron chi connectivity index (χ0n) is 8.86. The molecule has 3 rings (SSSR count). The number of halogens is 1. The molecular weight excluding hydrogens is 209 g/mol. The minimum Gasteiger partial charge on any atom is -0.342 e. The average molecular weight is 223 g/mol. The number of benzene rings is 1. The molecule has 3 nitrogen and oxygen atoms in total. The lowest BCUT2D eigenvalue weighted by atomic mass is 10.1. The molecule has 86 valence electrons. The predicted octanol–water partition coefficient (Wildman–Crippen LogP) is 1.60. The van der Waals surface area contributed by atoms with Crippen molar-refractivity contribution in [3.63, 3.8) is 0 Å². The Hall–Kier alpha value is -0.970. The van der Waals surface area contributed by atoms with Gasteiger partial charge in [-0.1, -0.05) is 12.1 Å². The van der Waals surface area contributed by atoms with E-state index < -0.39 is 0 Å². The highest BCUT2D eigenvalue weighted by atomic mass is 19.1. The second kappa shape index (κ2) is 4.13. The molecule has 4 heteroatoms. The number of rotatable bonds is 1. The first-order valence-corrected chi connectivity index (χ1v) is 5.60. The number of ether oxygens (including phenoxy) is 2. The van der Waals surface area contributed by atoms with E-state index in [0.29, 0.717) is 0 Å². The fraction of sp³-hybridized carbons (Fsp3) is 0.500. The van der Waals surface area contributed by atoms with Gasteiger partial charge in [-0.2, -0.15) is 0 Å². The van der Waals surface area contributed by atoms with Crippen LogP contribution >= 0.6 is 0 Å². The topological polar surface area (TPSA) is 30.5 Å². The SMILES string of the molecule is Fc1ccc(C2OC3CCNCC3O2)cc1. The first kappa shape index (κ1) is 10.2. The van der Waals surface area contributed by atoms with E-state index in [9.17, 15) is 4.39 Å². The van der Waals surface area contributed by atoms with E-state index in [-0.39, 0.29) is 24.3 Å². The van der Waals surface area contributed by atoms with Gasteiger partial charge in [0.1, 0.15) is 5.82 Å². The molecule has 0 bridgehead atoms. The van der Waals surface area contributed by atoms with Crippen molar-refractivity contribution < 1.29 is 13.9 Å². The van der Waals surface area contributed by atoms with Crippen molar-refractivity contribution in [2.75, 3.05) is 13.1 Å². The number of piperidine rings is 1. The largest absolute Gasteiger partial charge is 0.342 e. The second-order valence-corrected chi connectivity index (χ2v) is 4.23. The van der Waals surface area contributed by atoms with Crippen LogP contribution in [0.3, 0.4) is 0 Å². The molecule has 2 saturated heterocycles. The van der Waals surface area contributed by atoms with Crippen LogP contribution in [0.25, 0.3) is 0 Å². The highest BCUT2D eigenvalue weighted by Crippen LogP contribution is 2.33. The highest BCUT2D eigenvalue weighted by molar-refractivity contribution is 5.18. The van der Waals surface area contributed by atoms with Crippen LogP contribution < -0.4 is 5.32 Å². The van der Waals surface area contributed by atoms with E-state index in [1.807, 2.05) is 0 Å². The first-order chi connectivity index (χ1) is 7.83. The Morgan fingerprint density at radius 1 is 1.12 bits per heavy atom. The molecule has 2 aliphatic rings. The number of hydrogen-bond donors (Lipinski definition) is 1. The molecule has 0 aromatic heterocycles. The zero-order chi connectivity index (χ0) is 11.0. The van der Waals surface area contributed by atoms with Crippen molar-refractivity contribution in [3.8, 4) is 0 Å². The molecule has 3 unspecified atom stereocenters. The predicted molar refractivity (Wildman–Crippen MR) is 56.4 cm³/mol. The molecule has 0 spiro atoms. The van der Waals surface area contributed by atoms with Crippen LogP contribution in [0.15, 0.2) is 24.3 Å². The van der Waals surface area contributed by atoms with E-state index in [1.165, 1.54) is 12.1 Å². The fourth-order valence-electron chi connectivity index (χ4n) is 2.22. The molecule has 1 aromatic carbocycles. The van der Waals surface area contributed by atoms with E-state index in [1.54, 1.807) is 12.1 Å². The molecule has 1 aromatic rings. The maximum Gasteiger partial charge on any atom is 0.184 e. The van der Waals surface area contributed by atoms with Crippen LogP contribution in [-0.4, -0.2) is 25.3 Å². The van der Waals surface area contributed by atoms with Crippen LogP contribution in [0.4, 0.5) is 4.39 Å². The Bertz CT molecular complexity index is 354. The molecule has 2 aliphatic heterocycles. The molecule has 16 heavy (non-hydrogen) atoms. The van der Waals surface area contributed by atoms with Crippen molar-refractivity contribution in [1.82, 2.24) is 5.32 Å². The van der Waals surface area contributed by atoms with E-state index >= 15 is 0 Å². The maximum atomic E-state index is 12.8. The van der Waals surface area contributed by atoms with Gasteiger partial charge in [-0.05, 0) is 25.1 Å². The highest BCUT2D eigenvalue weighted by Gasteiger charge is 2.38. The summed E-state index contributed by atoms with van der Waals surface area (Å²) in [7, 11) is 0. The maximum absolute atomic E-state index is 12.8. The summed E-state index contributed by atoms with van der Waals surface area (Å²) < 4.78 is 24.4. The van der Waals surface area contributed by atoms with Gasteiger partial charge in [0.15, 0.2) is 6.29 Å². The van der Waals surface area contributed by atoms with Crippen molar-refractivity contribution >= 4 is 0 Å². The summed E-state index contributed by atoms with van der Waals surface area (Å²) in [6, 6.07) is 6.29. The minimum absolute atomic E-state index is 0.129. The van der Waals surface area contributed by atoms with Crippen LogP contribution in [0.5, 0.6) is 0 Å². The molecule has 1 N–H and O–H groups in total. The molecule has 3 atom stereocenters. The lowest BCUT2D eigenvalue weighted by Gasteiger charge is -2.22. The average Bonchev–Trinajstić information content (AvgIpc) is 2.73. The van der Waals surface area contributed by atoms with Gasteiger partial charge in [-0.25, -0.2) is 4.39 Å². The third-order valence-electron chi connectivity index (χ3n) is 3.10. The summed E-state index contributed by atoms with van der Waals surface area (Å²) in [5.41, 5.74) is 0.885. The first-order valence-electron chi connectivity index (χ1n) is 5.60. The molecule has 0 amide bonds. The molecule has 0 radical (unpaired) electrons. The minimum atomic E-state index is -0.338. The third kappa shape index (κ3) is 1.84. The van der Waals surface area contributed by atoms with Gasteiger partial charge in [0.25, 0.3) is 0 Å². The summed E-state index contributed by atoms with van der Waals surface area (Å²) in [4.78, 5) is 0. The molecule has 2 fully saturated rings. The Labute approximate surface area is 93.6 Å². The zero-order valence-corrected chi connectivity index (χ0v) is 8.86.